The van der Waals surface area contributed by atoms with Crippen LogP contribution in [0.4, 0.5) is 13.2 Å². The zero-order chi connectivity index (χ0) is 16.2. The summed E-state index contributed by atoms with van der Waals surface area (Å²) < 4.78 is 45.6. The Morgan fingerprint density at radius 3 is 2.27 bits per heavy atom. The van der Waals surface area contributed by atoms with E-state index in [0.29, 0.717) is 23.5 Å². The third kappa shape index (κ3) is 4.14. The molecule has 0 saturated carbocycles. The zero-order valence-corrected chi connectivity index (χ0v) is 11.8. The molecule has 2 rings (SSSR count). The highest BCUT2D eigenvalue weighted by Gasteiger charge is 2.31. The zero-order valence-electron chi connectivity index (χ0n) is 11.8. The minimum Gasteiger partial charge on any atom is -0.493 e. The van der Waals surface area contributed by atoms with Crippen molar-refractivity contribution >= 4 is 0 Å². The predicted molar refractivity (Wildman–Crippen MR) is 74.8 cm³/mol. The van der Waals surface area contributed by atoms with Crippen LogP contribution in [0.3, 0.4) is 0 Å². The molecular weight excluding hydrogens is 297 g/mol. The van der Waals surface area contributed by atoms with Gasteiger partial charge in [0.25, 0.3) is 0 Å². The van der Waals surface area contributed by atoms with E-state index >= 15 is 0 Å². The topological polar surface area (TPSA) is 38.7 Å². The Kier molecular flexibility index (Phi) is 4.92. The first-order valence-electron chi connectivity index (χ1n) is 6.66. The molecule has 0 radical (unpaired) electrons. The first-order chi connectivity index (χ1) is 10.4. The van der Waals surface area contributed by atoms with Crippen molar-refractivity contribution in [3.8, 4) is 11.5 Å². The van der Waals surface area contributed by atoms with Gasteiger partial charge in [0.05, 0.1) is 6.61 Å². The summed E-state index contributed by atoms with van der Waals surface area (Å²) in [5, 5.41) is 10.4. The molecule has 0 aromatic heterocycles. The van der Waals surface area contributed by atoms with Gasteiger partial charge in [0.15, 0.2) is 0 Å². The summed E-state index contributed by atoms with van der Waals surface area (Å²) in [7, 11) is 0. The third-order valence-corrected chi connectivity index (χ3v) is 2.94. The van der Waals surface area contributed by atoms with E-state index in [-0.39, 0.29) is 5.75 Å². The third-order valence-electron chi connectivity index (χ3n) is 2.94. The summed E-state index contributed by atoms with van der Waals surface area (Å²) in [6, 6.07) is 12.1. The number of benzene rings is 2. The minimum atomic E-state index is -4.73. The molecule has 0 aliphatic carbocycles. The summed E-state index contributed by atoms with van der Waals surface area (Å²) in [6.45, 7) is 2.27. The lowest BCUT2D eigenvalue weighted by molar-refractivity contribution is -0.274. The van der Waals surface area contributed by atoms with Gasteiger partial charge in [0, 0.05) is 5.56 Å². The van der Waals surface area contributed by atoms with E-state index in [4.69, 9.17) is 4.74 Å². The van der Waals surface area contributed by atoms with Crippen molar-refractivity contribution in [1.29, 1.82) is 0 Å². The van der Waals surface area contributed by atoms with E-state index in [1.165, 1.54) is 12.1 Å². The highest BCUT2D eigenvalue weighted by molar-refractivity contribution is 5.41. The maximum Gasteiger partial charge on any atom is 0.573 e. The van der Waals surface area contributed by atoms with Crippen molar-refractivity contribution in [3.05, 3.63) is 59.7 Å². The molecule has 0 saturated heterocycles. The molecule has 3 nitrogen and oxygen atoms in total. The van der Waals surface area contributed by atoms with Crippen molar-refractivity contribution in [3.63, 3.8) is 0 Å². The molecule has 6 heteroatoms. The van der Waals surface area contributed by atoms with Crippen LogP contribution in [0.15, 0.2) is 48.5 Å². The van der Waals surface area contributed by atoms with Gasteiger partial charge in [-0.15, -0.1) is 13.2 Å². The fraction of sp³-hybridized carbons (Fsp3) is 0.250. The summed E-state index contributed by atoms with van der Waals surface area (Å²) in [6.07, 6.45) is -5.73. The summed E-state index contributed by atoms with van der Waals surface area (Å²) >= 11 is 0. The Morgan fingerprint density at radius 2 is 1.68 bits per heavy atom. The van der Waals surface area contributed by atoms with E-state index in [2.05, 4.69) is 4.74 Å². The smallest absolute Gasteiger partial charge is 0.493 e. The number of hydrogen-bond acceptors (Lipinski definition) is 3. The van der Waals surface area contributed by atoms with E-state index in [1.807, 2.05) is 6.92 Å². The van der Waals surface area contributed by atoms with Crippen molar-refractivity contribution in [2.24, 2.45) is 0 Å². The van der Waals surface area contributed by atoms with Gasteiger partial charge >= 0.3 is 6.36 Å². The molecule has 0 amide bonds. The van der Waals surface area contributed by atoms with Crippen LogP contribution < -0.4 is 9.47 Å². The first-order valence-corrected chi connectivity index (χ1v) is 6.66. The number of rotatable bonds is 5. The van der Waals surface area contributed by atoms with Crippen LogP contribution in [0.1, 0.15) is 24.2 Å². The quantitative estimate of drug-likeness (QED) is 0.904. The Bertz CT molecular complexity index is 609. The van der Waals surface area contributed by atoms with E-state index < -0.39 is 12.5 Å². The van der Waals surface area contributed by atoms with Gasteiger partial charge in [-0.25, -0.2) is 0 Å². The molecule has 2 aromatic carbocycles. The average molecular weight is 312 g/mol. The molecular formula is C16H15F3O3. The summed E-state index contributed by atoms with van der Waals surface area (Å²) in [5.41, 5.74) is 0.996. The largest absolute Gasteiger partial charge is 0.573 e. The summed E-state index contributed by atoms with van der Waals surface area (Å²) in [5.74, 6) is 0.203. The van der Waals surface area contributed by atoms with Crippen LogP contribution in [0.25, 0.3) is 0 Å². The van der Waals surface area contributed by atoms with Crippen LogP contribution in [0, 0.1) is 0 Å². The molecule has 1 unspecified atom stereocenters. The predicted octanol–water partition coefficient (Wildman–Crippen LogP) is 4.07. The summed E-state index contributed by atoms with van der Waals surface area (Å²) in [4.78, 5) is 0. The van der Waals surface area contributed by atoms with Gasteiger partial charge in [-0.1, -0.05) is 30.3 Å². The van der Waals surface area contributed by atoms with Crippen LogP contribution >= 0.6 is 0 Å². The Labute approximate surface area is 125 Å². The number of hydrogen-bond donors (Lipinski definition) is 1. The van der Waals surface area contributed by atoms with E-state index in [1.54, 1.807) is 24.3 Å². The maximum atomic E-state index is 12.1. The number of ether oxygens (including phenoxy) is 2. The fourth-order valence-corrected chi connectivity index (χ4v) is 2.02. The second-order valence-corrected chi connectivity index (χ2v) is 4.49. The lowest BCUT2D eigenvalue weighted by atomic mass is 10.0. The molecule has 118 valence electrons. The SMILES string of the molecule is CCOc1ccccc1C(O)c1ccc(OC(F)(F)F)cc1. The van der Waals surface area contributed by atoms with Gasteiger partial charge in [0.1, 0.15) is 17.6 Å². The van der Waals surface area contributed by atoms with Gasteiger partial charge in [0.2, 0.25) is 0 Å². The Balaban J connectivity index is 2.21. The van der Waals surface area contributed by atoms with Crippen molar-refractivity contribution in [2.45, 2.75) is 19.4 Å². The molecule has 0 bridgehead atoms. The molecule has 0 aliphatic heterocycles. The number of aliphatic hydroxyl groups excluding tert-OH is 1. The van der Waals surface area contributed by atoms with Gasteiger partial charge in [-0.2, -0.15) is 0 Å². The highest BCUT2D eigenvalue weighted by Crippen LogP contribution is 2.31. The fourth-order valence-electron chi connectivity index (χ4n) is 2.02. The number of para-hydroxylation sites is 1. The molecule has 0 heterocycles. The highest BCUT2D eigenvalue weighted by atomic mass is 19.4. The molecule has 1 N–H and O–H groups in total. The Morgan fingerprint density at radius 1 is 1.05 bits per heavy atom. The molecule has 1 atom stereocenters. The number of aliphatic hydroxyl groups is 1. The van der Waals surface area contributed by atoms with E-state index in [0.717, 1.165) is 12.1 Å². The second kappa shape index (κ2) is 6.70. The van der Waals surface area contributed by atoms with Crippen LogP contribution in [-0.2, 0) is 0 Å². The lowest BCUT2D eigenvalue weighted by Crippen LogP contribution is -2.17. The average Bonchev–Trinajstić information content (AvgIpc) is 2.47. The first kappa shape index (κ1) is 16.2. The number of alkyl halides is 3. The maximum absolute atomic E-state index is 12.1. The molecule has 0 aliphatic rings. The molecule has 2 aromatic rings. The van der Waals surface area contributed by atoms with Crippen LogP contribution in [0.5, 0.6) is 11.5 Å². The van der Waals surface area contributed by atoms with Crippen molar-refractivity contribution < 1.29 is 27.8 Å². The minimum absolute atomic E-state index is 0.332. The second-order valence-electron chi connectivity index (χ2n) is 4.49. The standard InChI is InChI=1S/C16H15F3O3/c1-2-21-14-6-4-3-5-13(14)15(20)11-7-9-12(10-8-11)22-16(17,18)19/h3-10,15,20H,2H2,1H3. The normalized spacial score (nSPS) is 12.8. The number of halogens is 3. The van der Waals surface area contributed by atoms with Crippen molar-refractivity contribution in [1.82, 2.24) is 0 Å². The molecule has 0 fully saturated rings. The van der Waals surface area contributed by atoms with Gasteiger partial charge in [-0.05, 0) is 30.7 Å². The lowest BCUT2D eigenvalue weighted by Gasteiger charge is -2.16. The molecule has 22 heavy (non-hydrogen) atoms. The van der Waals surface area contributed by atoms with Crippen LogP contribution in [-0.4, -0.2) is 18.1 Å². The van der Waals surface area contributed by atoms with E-state index in [9.17, 15) is 18.3 Å². The Hall–Kier alpha value is -2.21. The van der Waals surface area contributed by atoms with Gasteiger partial charge < -0.3 is 14.6 Å². The van der Waals surface area contributed by atoms with Gasteiger partial charge in [-0.3, -0.25) is 0 Å². The molecule has 0 spiro atoms. The van der Waals surface area contributed by atoms with Crippen molar-refractivity contribution in [2.75, 3.05) is 6.61 Å². The monoisotopic (exact) mass is 312 g/mol. The van der Waals surface area contributed by atoms with Crippen LogP contribution in [0.2, 0.25) is 0 Å².